The number of nitrogens with zero attached hydrogens (tertiary/aromatic N) is 1. The molecule has 1 aromatic heterocycles. The van der Waals surface area contributed by atoms with Crippen LogP contribution >= 0.6 is 0 Å². The minimum atomic E-state index is -0.554. The Kier molecular flexibility index (Phi) is 2.56. The number of H-pyrrole nitrogens is 1. The number of hydrogen-bond donors (Lipinski definition) is 3. The average Bonchev–Trinajstić information content (AvgIpc) is 2.75. The fourth-order valence-corrected chi connectivity index (χ4v) is 1.81. The van der Waals surface area contributed by atoms with Gasteiger partial charge < -0.3 is 16.0 Å². The second-order valence-electron chi connectivity index (χ2n) is 4.11. The van der Waals surface area contributed by atoms with Gasteiger partial charge in [-0.05, 0) is 30.3 Å². The third-order valence-corrected chi connectivity index (χ3v) is 2.69. The number of rotatable bonds is 2. The maximum atomic E-state index is 13.5. The summed E-state index contributed by atoms with van der Waals surface area (Å²) in [5.74, 6) is -0.754. The zero-order valence-corrected chi connectivity index (χ0v) is 9.74. The Hall–Kier alpha value is -2.63. The van der Waals surface area contributed by atoms with Crippen LogP contribution in [0.2, 0.25) is 0 Å². The molecule has 0 atom stereocenters. The number of fused-ring (bicyclic) bond motifs is 1. The van der Waals surface area contributed by atoms with Crippen LogP contribution in [0.25, 0.3) is 11.0 Å². The van der Waals surface area contributed by atoms with Gasteiger partial charge in [-0.1, -0.05) is 0 Å². The molecular formula is C13H10F2N4. The van der Waals surface area contributed by atoms with Gasteiger partial charge in [0.2, 0.25) is 5.95 Å². The summed E-state index contributed by atoms with van der Waals surface area (Å²) in [5, 5.41) is 2.70. The van der Waals surface area contributed by atoms with Crippen molar-refractivity contribution in [2.45, 2.75) is 0 Å². The highest BCUT2D eigenvalue weighted by Crippen LogP contribution is 2.22. The van der Waals surface area contributed by atoms with Gasteiger partial charge in [-0.2, -0.15) is 0 Å². The molecular weight excluding hydrogens is 250 g/mol. The lowest BCUT2D eigenvalue weighted by molar-refractivity contribution is 0.603. The van der Waals surface area contributed by atoms with E-state index in [0.29, 0.717) is 17.2 Å². The van der Waals surface area contributed by atoms with Crippen molar-refractivity contribution in [1.82, 2.24) is 9.97 Å². The first-order chi connectivity index (χ1) is 9.11. The van der Waals surface area contributed by atoms with E-state index in [0.717, 1.165) is 23.7 Å². The van der Waals surface area contributed by atoms with E-state index >= 15 is 0 Å². The van der Waals surface area contributed by atoms with E-state index in [9.17, 15) is 8.78 Å². The Bertz CT molecular complexity index is 751. The van der Waals surface area contributed by atoms with E-state index in [-0.39, 0.29) is 5.69 Å². The molecule has 2 aromatic carbocycles. The minimum absolute atomic E-state index is 0.0204. The number of nitrogen functional groups attached to an aromatic ring is 1. The van der Waals surface area contributed by atoms with Crippen molar-refractivity contribution in [3.8, 4) is 0 Å². The van der Waals surface area contributed by atoms with Crippen LogP contribution < -0.4 is 11.1 Å². The highest BCUT2D eigenvalue weighted by Gasteiger charge is 2.07. The largest absolute Gasteiger partial charge is 0.399 e. The van der Waals surface area contributed by atoms with Gasteiger partial charge in [0.25, 0.3) is 0 Å². The fraction of sp³-hybridized carbons (Fsp3) is 0. The predicted octanol–water partition coefficient (Wildman–Crippen LogP) is 3.17. The van der Waals surface area contributed by atoms with E-state index in [1.54, 1.807) is 18.2 Å². The molecule has 0 aliphatic rings. The van der Waals surface area contributed by atoms with Crippen LogP contribution in [-0.2, 0) is 0 Å². The van der Waals surface area contributed by atoms with Crippen molar-refractivity contribution in [3.05, 3.63) is 48.0 Å². The van der Waals surface area contributed by atoms with Crippen molar-refractivity contribution in [3.63, 3.8) is 0 Å². The number of nitrogens with one attached hydrogen (secondary N) is 2. The molecule has 4 N–H and O–H groups in total. The van der Waals surface area contributed by atoms with Crippen LogP contribution in [-0.4, -0.2) is 9.97 Å². The number of aromatic nitrogens is 2. The van der Waals surface area contributed by atoms with Crippen molar-refractivity contribution in [1.29, 1.82) is 0 Å². The molecule has 0 saturated heterocycles. The number of halogens is 2. The normalized spacial score (nSPS) is 10.8. The number of imidazole rings is 1. The Morgan fingerprint density at radius 1 is 1.11 bits per heavy atom. The molecule has 0 fully saturated rings. The van der Waals surface area contributed by atoms with E-state index in [4.69, 9.17) is 5.73 Å². The van der Waals surface area contributed by atoms with E-state index in [2.05, 4.69) is 15.3 Å². The molecule has 0 aliphatic heterocycles. The molecule has 0 bridgehead atoms. The van der Waals surface area contributed by atoms with Crippen LogP contribution in [0.1, 0.15) is 0 Å². The Labute approximate surface area is 107 Å². The minimum Gasteiger partial charge on any atom is -0.399 e. The zero-order valence-electron chi connectivity index (χ0n) is 9.74. The summed E-state index contributed by atoms with van der Waals surface area (Å²) in [7, 11) is 0. The average molecular weight is 260 g/mol. The van der Waals surface area contributed by atoms with Crippen molar-refractivity contribution >= 4 is 28.4 Å². The molecule has 0 unspecified atom stereocenters. The summed E-state index contributed by atoms with van der Waals surface area (Å²) < 4.78 is 26.5. The summed E-state index contributed by atoms with van der Waals surface area (Å²) in [4.78, 5) is 7.15. The molecule has 19 heavy (non-hydrogen) atoms. The quantitative estimate of drug-likeness (QED) is 0.620. The molecule has 3 rings (SSSR count). The van der Waals surface area contributed by atoms with Gasteiger partial charge in [-0.15, -0.1) is 0 Å². The third kappa shape index (κ3) is 2.20. The summed E-state index contributed by atoms with van der Waals surface area (Å²) in [6, 6.07) is 8.36. The first-order valence-corrected chi connectivity index (χ1v) is 5.59. The predicted molar refractivity (Wildman–Crippen MR) is 70.1 cm³/mol. The summed E-state index contributed by atoms with van der Waals surface area (Å²) >= 11 is 0. The second-order valence-corrected chi connectivity index (χ2v) is 4.11. The van der Waals surface area contributed by atoms with Crippen molar-refractivity contribution in [2.24, 2.45) is 0 Å². The molecule has 6 heteroatoms. The summed E-state index contributed by atoms with van der Waals surface area (Å²) in [6.07, 6.45) is 0. The monoisotopic (exact) mass is 260 g/mol. The highest BCUT2D eigenvalue weighted by molar-refractivity contribution is 5.81. The molecule has 96 valence electrons. The van der Waals surface area contributed by atoms with Gasteiger partial charge in [-0.25, -0.2) is 13.8 Å². The number of benzene rings is 2. The van der Waals surface area contributed by atoms with Gasteiger partial charge in [0.05, 0.1) is 16.7 Å². The van der Waals surface area contributed by atoms with Gasteiger partial charge in [0.15, 0.2) is 0 Å². The van der Waals surface area contributed by atoms with E-state index in [1.807, 2.05) is 0 Å². The highest BCUT2D eigenvalue weighted by atomic mass is 19.1. The molecule has 0 spiro atoms. The Balaban J connectivity index is 1.98. The SMILES string of the molecule is Nc1ccc2nc(Nc3cc(F)ccc3F)[nH]c2c1. The number of nitrogens with two attached hydrogens (primary N) is 1. The number of anilines is 3. The molecule has 4 nitrogen and oxygen atoms in total. The molecule has 0 radical (unpaired) electrons. The van der Waals surface area contributed by atoms with E-state index < -0.39 is 11.6 Å². The van der Waals surface area contributed by atoms with Crippen molar-refractivity contribution < 1.29 is 8.78 Å². The lowest BCUT2D eigenvalue weighted by Crippen LogP contribution is -1.96. The van der Waals surface area contributed by atoms with Crippen LogP contribution in [0.3, 0.4) is 0 Å². The first kappa shape index (κ1) is 11.5. The summed E-state index contributed by atoms with van der Waals surface area (Å²) in [6.45, 7) is 0. The van der Waals surface area contributed by atoms with Crippen LogP contribution in [0.5, 0.6) is 0 Å². The number of aromatic amines is 1. The van der Waals surface area contributed by atoms with Gasteiger partial charge >= 0.3 is 0 Å². The smallest absolute Gasteiger partial charge is 0.205 e. The third-order valence-electron chi connectivity index (χ3n) is 2.69. The van der Waals surface area contributed by atoms with Gasteiger partial charge in [-0.3, -0.25) is 0 Å². The molecule has 3 aromatic rings. The Morgan fingerprint density at radius 2 is 1.95 bits per heavy atom. The van der Waals surface area contributed by atoms with Crippen LogP contribution in [0, 0.1) is 11.6 Å². The topological polar surface area (TPSA) is 66.7 Å². The number of hydrogen-bond acceptors (Lipinski definition) is 3. The lowest BCUT2D eigenvalue weighted by Gasteiger charge is -2.03. The maximum absolute atomic E-state index is 13.5. The maximum Gasteiger partial charge on any atom is 0.205 e. The van der Waals surface area contributed by atoms with Crippen LogP contribution in [0.4, 0.5) is 26.1 Å². The van der Waals surface area contributed by atoms with Gasteiger partial charge in [0, 0.05) is 11.8 Å². The molecule has 1 heterocycles. The zero-order chi connectivity index (χ0) is 13.4. The molecule has 0 saturated carbocycles. The Morgan fingerprint density at radius 3 is 2.79 bits per heavy atom. The standard InChI is InChI=1S/C13H10F2N4/c14-7-1-3-9(15)11(5-7)18-13-17-10-4-2-8(16)6-12(10)19-13/h1-6H,16H2,(H2,17,18,19). The second kappa shape index (κ2) is 4.24. The van der Waals surface area contributed by atoms with E-state index in [1.165, 1.54) is 0 Å². The molecule has 0 aliphatic carbocycles. The fourth-order valence-electron chi connectivity index (χ4n) is 1.81. The van der Waals surface area contributed by atoms with Crippen molar-refractivity contribution in [2.75, 3.05) is 11.1 Å². The van der Waals surface area contributed by atoms with Gasteiger partial charge in [0.1, 0.15) is 11.6 Å². The summed E-state index contributed by atoms with van der Waals surface area (Å²) in [5.41, 5.74) is 7.68. The van der Waals surface area contributed by atoms with Crippen LogP contribution in [0.15, 0.2) is 36.4 Å². The molecule has 0 amide bonds. The first-order valence-electron chi connectivity index (χ1n) is 5.59. The lowest BCUT2D eigenvalue weighted by atomic mass is 10.3.